The van der Waals surface area contributed by atoms with Gasteiger partial charge in [-0.3, -0.25) is 4.79 Å². The maximum atomic E-state index is 11.2. The molecule has 0 spiro atoms. The van der Waals surface area contributed by atoms with Crippen molar-refractivity contribution in [2.75, 3.05) is 18.0 Å². The van der Waals surface area contributed by atoms with Crippen molar-refractivity contribution in [1.82, 2.24) is 0 Å². The summed E-state index contributed by atoms with van der Waals surface area (Å²) >= 11 is 3.50. The summed E-state index contributed by atoms with van der Waals surface area (Å²) in [6.45, 7) is 1.91. The van der Waals surface area contributed by atoms with E-state index in [1.807, 2.05) is 18.2 Å². The third-order valence-corrected chi connectivity index (χ3v) is 4.37. The van der Waals surface area contributed by atoms with Gasteiger partial charge in [0.25, 0.3) is 0 Å². The molecule has 1 heterocycles. The first-order valence-electron chi connectivity index (χ1n) is 6.84. The van der Waals surface area contributed by atoms with Crippen molar-refractivity contribution in [3.05, 3.63) is 63.6 Å². The second-order valence-corrected chi connectivity index (χ2v) is 5.99. The Morgan fingerprint density at radius 3 is 2.25 bits per heavy atom. The number of rotatable bonds is 2. The quantitative estimate of drug-likeness (QED) is 0.779. The number of carbonyl (C=O) groups excluding carboxylic acids is 1. The highest BCUT2D eigenvalue weighted by molar-refractivity contribution is 9.10. The van der Waals surface area contributed by atoms with Gasteiger partial charge in [-0.05, 0) is 42.2 Å². The fraction of sp³-hybridized carbons (Fsp3) is 0.235. The number of carbonyl (C=O) groups is 1. The number of nitrogens with zero attached hydrogens (tertiary/aromatic N) is 1. The number of hydrogen-bond donors (Lipinski definition) is 0. The number of halogens is 1. The molecule has 0 bridgehead atoms. The Hall–Kier alpha value is -1.61. The molecule has 0 unspecified atom stereocenters. The SMILES string of the molecule is O=Cc1ccc(Br)cc1N1CCc2ccccc2CC1. The van der Waals surface area contributed by atoms with Crippen LogP contribution in [0.1, 0.15) is 21.5 Å². The van der Waals surface area contributed by atoms with Gasteiger partial charge in [0, 0.05) is 28.8 Å². The van der Waals surface area contributed by atoms with Gasteiger partial charge in [0.15, 0.2) is 6.29 Å². The second-order valence-electron chi connectivity index (χ2n) is 5.08. The average Bonchev–Trinajstić information content (AvgIpc) is 2.70. The lowest BCUT2D eigenvalue weighted by molar-refractivity contribution is 0.112. The first kappa shape index (κ1) is 13.4. The number of hydrogen-bond acceptors (Lipinski definition) is 2. The minimum atomic E-state index is 0.763. The maximum absolute atomic E-state index is 11.2. The molecule has 0 atom stereocenters. The van der Waals surface area contributed by atoms with Crippen LogP contribution in [0.2, 0.25) is 0 Å². The predicted molar refractivity (Wildman–Crippen MR) is 85.6 cm³/mol. The van der Waals surface area contributed by atoms with E-state index in [4.69, 9.17) is 0 Å². The van der Waals surface area contributed by atoms with Crippen LogP contribution in [0.15, 0.2) is 46.9 Å². The van der Waals surface area contributed by atoms with Crippen molar-refractivity contribution in [3.8, 4) is 0 Å². The van der Waals surface area contributed by atoms with Crippen LogP contribution in [-0.2, 0) is 12.8 Å². The molecule has 20 heavy (non-hydrogen) atoms. The monoisotopic (exact) mass is 329 g/mol. The van der Waals surface area contributed by atoms with Crippen molar-refractivity contribution in [1.29, 1.82) is 0 Å². The van der Waals surface area contributed by atoms with Crippen molar-refractivity contribution in [2.24, 2.45) is 0 Å². The van der Waals surface area contributed by atoms with Crippen molar-refractivity contribution in [2.45, 2.75) is 12.8 Å². The fourth-order valence-electron chi connectivity index (χ4n) is 2.80. The highest BCUT2D eigenvalue weighted by atomic mass is 79.9. The van der Waals surface area contributed by atoms with Crippen molar-refractivity contribution >= 4 is 27.9 Å². The zero-order valence-corrected chi connectivity index (χ0v) is 12.8. The van der Waals surface area contributed by atoms with Crippen LogP contribution in [0.25, 0.3) is 0 Å². The molecular weight excluding hydrogens is 314 g/mol. The first-order valence-corrected chi connectivity index (χ1v) is 7.63. The minimum absolute atomic E-state index is 0.763. The van der Waals surface area contributed by atoms with Crippen LogP contribution < -0.4 is 4.90 Å². The highest BCUT2D eigenvalue weighted by Crippen LogP contribution is 2.26. The Morgan fingerprint density at radius 2 is 1.65 bits per heavy atom. The largest absolute Gasteiger partial charge is 0.370 e. The topological polar surface area (TPSA) is 20.3 Å². The molecule has 0 N–H and O–H groups in total. The van der Waals surface area contributed by atoms with E-state index in [0.717, 1.165) is 47.9 Å². The van der Waals surface area contributed by atoms with E-state index in [9.17, 15) is 4.79 Å². The van der Waals surface area contributed by atoms with E-state index >= 15 is 0 Å². The molecule has 2 aromatic rings. The van der Waals surface area contributed by atoms with Crippen LogP contribution in [0.4, 0.5) is 5.69 Å². The van der Waals surface area contributed by atoms with E-state index in [1.165, 1.54) is 11.1 Å². The lowest BCUT2D eigenvalue weighted by atomic mass is 10.0. The highest BCUT2D eigenvalue weighted by Gasteiger charge is 2.16. The van der Waals surface area contributed by atoms with Gasteiger partial charge in [0.2, 0.25) is 0 Å². The van der Waals surface area contributed by atoms with Crippen LogP contribution in [0.3, 0.4) is 0 Å². The van der Waals surface area contributed by atoms with Gasteiger partial charge in [0.1, 0.15) is 0 Å². The third-order valence-electron chi connectivity index (χ3n) is 3.88. The minimum Gasteiger partial charge on any atom is -0.370 e. The molecule has 2 aromatic carbocycles. The zero-order valence-electron chi connectivity index (χ0n) is 11.2. The third kappa shape index (κ3) is 2.63. The van der Waals surface area contributed by atoms with Crippen LogP contribution in [0.5, 0.6) is 0 Å². The summed E-state index contributed by atoms with van der Waals surface area (Å²) in [6, 6.07) is 14.5. The molecule has 0 fully saturated rings. The normalized spacial score (nSPS) is 14.6. The smallest absolute Gasteiger partial charge is 0.152 e. The number of benzene rings is 2. The van der Waals surface area contributed by atoms with E-state index < -0.39 is 0 Å². The first-order chi connectivity index (χ1) is 9.78. The summed E-state index contributed by atoms with van der Waals surface area (Å²) < 4.78 is 1.01. The molecule has 0 saturated heterocycles. The van der Waals surface area contributed by atoms with Crippen LogP contribution in [0, 0.1) is 0 Å². The average molecular weight is 330 g/mol. The molecule has 0 saturated carbocycles. The lowest BCUT2D eigenvalue weighted by Gasteiger charge is -2.24. The summed E-state index contributed by atoms with van der Waals surface area (Å²) in [5.41, 5.74) is 4.65. The van der Waals surface area contributed by atoms with Gasteiger partial charge in [0.05, 0.1) is 0 Å². The van der Waals surface area contributed by atoms with E-state index in [1.54, 1.807) is 0 Å². The van der Waals surface area contributed by atoms with Gasteiger partial charge < -0.3 is 4.90 Å². The molecule has 3 heteroatoms. The van der Waals surface area contributed by atoms with E-state index in [0.29, 0.717) is 0 Å². The fourth-order valence-corrected chi connectivity index (χ4v) is 3.15. The van der Waals surface area contributed by atoms with Gasteiger partial charge in [-0.25, -0.2) is 0 Å². The molecule has 0 aliphatic carbocycles. The molecule has 1 aliphatic heterocycles. The van der Waals surface area contributed by atoms with E-state index in [2.05, 4.69) is 45.1 Å². The standard InChI is InChI=1S/C17H16BrNO/c18-16-6-5-15(12-20)17(11-16)19-9-7-13-3-1-2-4-14(13)8-10-19/h1-6,11-12H,7-10H2. The van der Waals surface area contributed by atoms with Crippen LogP contribution in [-0.4, -0.2) is 19.4 Å². The summed E-state index contributed by atoms with van der Waals surface area (Å²) in [7, 11) is 0. The Bertz CT molecular complexity index is 612. The Balaban J connectivity index is 1.90. The molecule has 3 rings (SSSR count). The van der Waals surface area contributed by atoms with E-state index in [-0.39, 0.29) is 0 Å². The summed E-state index contributed by atoms with van der Waals surface area (Å²) in [4.78, 5) is 13.6. The molecule has 0 amide bonds. The molecule has 0 radical (unpaired) electrons. The molecule has 1 aliphatic rings. The van der Waals surface area contributed by atoms with Gasteiger partial charge in [-0.2, -0.15) is 0 Å². The lowest BCUT2D eigenvalue weighted by Crippen LogP contribution is -2.27. The number of aldehydes is 1. The predicted octanol–water partition coefficient (Wildman–Crippen LogP) is 3.87. The van der Waals surface area contributed by atoms with Gasteiger partial charge >= 0.3 is 0 Å². The number of fused-ring (bicyclic) bond motifs is 1. The second kappa shape index (κ2) is 5.80. The van der Waals surface area contributed by atoms with Crippen molar-refractivity contribution in [3.63, 3.8) is 0 Å². The molecular formula is C17H16BrNO. The molecule has 0 aromatic heterocycles. The summed E-state index contributed by atoms with van der Waals surface area (Å²) in [6.07, 6.45) is 3.00. The van der Waals surface area contributed by atoms with Gasteiger partial charge in [-0.1, -0.05) is 40.2 Å². The Kier molecular flexibility index (Phi) is 3.88. The number of anilines is 1. The summed E-state index contributed by atoms with van der Waals surface area (Å²) in [5, 5.41) is 0. The van der Waals surface area contributed by atoms with Gasteiger partial charge in [-0.15, -0.1) is 0 Å². The summed E-state index contributed by atoms with van der Waals surface area (Å²) in [5.74, 6) is 0. The zero-order chi connectivity index (χ0) is 13.9. The molecule has 102 valence electrons. The Morgan fingerprint density at radius 1 is 1.00 bits per heavy atom. The van der Waals surface area contributed by atoms with Crippen LogP contribution >= 0.6 is 15.9 Å². The Labute approximate surface area is 127 Å². The maximum Gasteiger partial charge on any atom is 0.152 e. The molecule has 2 nitrogen and oxygen atoms in total. The van der Waals surface area contributed by atoms with Crippen molar-refractivity contribution < 1.29 is 4.79 Å².